The lowest BCUT2D eigenvalue weighted by atomic mass is 9.95. The van der Waals surface area contributed by atoms with Gasteiger partial charge < -0.3 is 10.2 Å². The predicted molar refractivity (Wildman–Crippen MR) is 134 cm³/mol. The van der Waals surface area contributed by atoms with Gasteiger partial charge in [-0.25, -0.2) is 31.1 Å². The molecular weight excluding hydrogens is 488 g/mol. The van der Waals surface area contributed by atoms with E-state index < -0.39 is 20.0 Å². The third kappa shape index (κ3) is 5.45. The lowest BCUT2D eigenvalue weighted by Crippen LogP contribution is -2.55. The molecule has 2 aromatic rings. The van der Waals surface area contributed by atoms with Crippen LogP contribution in [0.4, 0.5) is 11.6 Å². The first-order valence-electron chi connectivity index (χ1n) is 12.2. The van der Waals surface area contributed by atoms with Crippen molar-refractivity contribution in [1.29, 1.82) is 0 Å². The van der Waals surface area contributed by atoms with Crippen LogP contribution in [0.3, 0.4) is 0 Å². The van der Waals surface area contributed by atoms with E-state index in [4.69, 9.17) is 0 Å². The summed E-state index contributed by atoms with van der Waals surface area (Å²) in [6.07, 6.45) is 6.18. The summed E-state index contributed by atoms with van der Waals surface area (Å²) < 4.78 is 53.3. The van der Waals surface area contributed by atoms with Gasteiger partial charge in [-0.1, -0.05) is 6.07 Å². The second-order valence-corrected chi connectivity index (χ2v) is 13.5. The third-order valence-electron chi connectivity index (χ3n) is 7.14. The summed E-state index contributed by atoms with van der Waals surface area (Å²) in [6.45, 7) is 3.68. The molecule has 10 nitrogen and oxygen atoms in total. The molecule has 5 rings (SSSR count). The Morgan fingerprint density at radius 2 is 1.83 bits per heavy atom. The fraction of sp³-hybridized carbons (Fsp3) is 0.565. The Bertz CT molecular complexity index is 1210. The topological polar surface area (TPSA) is 116 Å². The number of piperidine rings is 1. The largest absolute Gasteiger partial charge is 0.364 e. The highest BCUT2D eigenvalue weighted by Gasteiger charge is 2.32. The highest BCUT2D eigenvalue weighted by molar-refractivity contribution is 7.89. The summed E-state index contributed by atoms with van der Waals surface area (Å²) in [5.41, 5.74) is 0. The molecule has 2 aromatic heterocycles. The fourth-order valence-corrected chi connectivity index (χ4v) is 7.94. The number of anilines is 2. The van der Waals surface area contributed by atoms with Gasteiger partial charge in [-0.15, -0.1) is 0 Å². The van der Waals surface area contributed by atoms with Crippen molar-refractivity contribution in [2.24, 2.45) is 5.92 Å². The number of nitrogens with zero attached hydrogens (tertiary/aromatic N) is 5. The SMILES string of the molecule is O=S1(=O)CCCN1CCC1CCN(S(=O)(=O)c2ccc(NC3CN(c4ccccn4)C3)nc2)CC1. The Hall–Kier alpha value is -2.28. The Morgan fingerprint density at radius 3 is 2.46 bits per heavy atom. The molecule has 0 unspecified atom stereocenters. The van der Waals surface area contributed by atoms with Gasteiger partial charge >= 0.3 is 0 Å². The van der Waals surface area contributed by atoms with Crippen molar-refractivity contribution in [2.75, 3.05) is 55.2 Å². The van der Waals surface area contributed by atoms with E-state index in [1.807, 2.05) is 18.2 Å². The third-order valence-corrected chi connectivity index (χ3v) is 11.0. The van der Waals surface area contributed by atoms with Crippen molar-refractivity contribution in [3.05, 3.63) is 42.7 Å². The van der Waals surface area contributed by atoms with Crippen LogP contribution in [0.5, 0.6) is 0 Å². The van der Waals surface area contributed by atoms with E-state index in [9.17, 15) is 16.8 Å². The number of rotatable bonds is 8. The highest BCUT2D eigenvalue weighted by atomic mass is 32.2. The zero-order chi connectivity index (χ0) is 24.5. The second-order valence-electron chi connectivity index (χ2n) is 9.52. The lowest BCUT2D eigenvalue weighted by molar-refractivity contribution is 0.251. The van der Waals surface area contributed by atoms with Crippen LogP contribution < -0.4 is 10.2 Å². The van der Waals surface area contributed by atoms with Gasteiger partial charge in [-0.05, 0) is 55.9 Å². The van der Waals surface area contributed by atoms with E-state index in [0.29, 0.717) is 44.3 Å². The summed E-state index contributed by atoms with van der Waals surface area (Å²) in [7, 11) is -6.67. The summed E-state index contributed by atoms with van der Waals surface area (Å²) in [5, 5.41) is 3.35. The van der Waals surface area contributed by atoms with Gasteiger partial charge in [0.1, 0.15) is 16.5 Å². The van der Waals surface area contributed by atoms with Crippen molar-refractivity contribution in [3.63, 3.8) is 0 Å². The van der Waals surface area contributed by atoms with Gasteiger partial charge in [0.2, 0.25) is 20.0 Å². The molecule has 5 heterocycles. The van der Waals surface area contributed by atoms with E-state index >= 15 is 0 Å². The van der Waals surface area contributed by atoms with Gasteiger partial charge in [-0.2, -0.15) is 4.31 Å². The number of sulfonamides is 2. The minimum absolute atomic E-state index is 0.202. The molecule has 3 aliphatic rings. The molecule has 0 bridgehead atoms. The molecule has 3 fully saturated rings. The van der Waals surface area contributed by atoms with Gasteiger partial charge in [-0.3, -0.25) is 0 Å². The summed E-state index contributed by atoms with van der Waals surface area (Å²) >= 11 is 0. The van der Waals surface area contributed by atoms with E-state index in [2.05, 4.69) is 20.2 Å². The second kappa shape index (κ2) is 10.00. The minimum Gasteiger partial charge on any atom is -0.364 e. The zero-order valence-corrected chi connectivity index (χ0v) is 21.3. The monoisotopic (exact) mass is 520 g/mol. The molecule has 0 aromatic carbocycles. The molecule has 0 saturated carbocycles. The number of hydrogen-bond donors (Lipinski definition) is 1. The van der Waals surface area contributed by atoms with Crippen molar-refractivity contribution in [1.82, 2.24) is 18.6 Å². The average molecular weight is 521 g/mol. The maximum atomic E-state index is 13.1. The van der Waals surface area contributed by atoms with Crippen LogP contribution in [-0.4, -0.2) is 86.5 Å². The Morgan fingerprint density at radius 1 is 1.03 bits per heavy atom. The zero-order valence-electron chi connectivity index (χ0n) is 19.7. The molecule has 12 heteroatoms. The van der Waals surface area contributed by atoms with Gasteiger partial charge in [0.25, 0.3) is 0 Å². The van der Waals surface area contributed by atoms with Crippen LogP contribution in [0.15, 0.2) is 47.6 Å². The smallest absolute Gasteiger partial charge is 0.244 e. The molecule has 0 aliphatic carbocycles. The number of aromatic nitrogens is 2. The molecule has 0 radical (unpaired) electrons. The summed E-state index contributed by atoms with van der Waals surface area (Å²) in [5.74, 6) is 2.20. The van der Waals surface area contributed by atoms with Gasteiger partial charge in [0.15, 0.2) is 0 Å². The van der Waals surface area contributed by atoms with Gasteiger partial charge in [0.05, 0.1) is 11.8 Å². The van der Waals surface area contributed by atoms with Crippen LogP contribution in [-0.2, 0) is 20.0 Å². The molecule has 0 spiro atoms. The van der Waals surface area contributed by atoms with E-state index in [1.54, 1.807) is 22.6 Å². The molecule has 3 saturated heterocycles. The van der Waals surface area contributed by atoms with E-state index in [0.717, 1.165) is 38.2 Å². The van der Waals surface area contributed by atoms with Crippen molar-refractivity contribution in [2.45, 2.75) is 36.6 Å². The summed E-state index contributed by atoms with van der Waals surface area (Å²) in [6, 6.07) is 9.42. The lowest BCUT2D eigenvalue weighted by Gasteiger charge is -2.40. The quantitative estimate of drug-likeness (QED) is 0.558. The first-order chi connectivity index (χ1) is 16.8. The number of nitrogens with one attached hydrogen (secondary N) is 1. The first-order valence-corrected chi connectivity index (χ1v) is 15.2. The number of pyridine rings is 2. The van der Waals surface area contributed by atoms with Crippen LogP contribution in [0.1, 0.15) is 25.7 Å². The van der Waals surface area contributed by atoms with E-state index in [1.165, 1.54) is 10.5 Å². The summed E-state index contributed by atoms with van der Waals surface area (Å²) in [4.78, 5) is 11.1. The van der Waals surface area contributed by atoms with Crippen molar-refractivity contribution < 1.29 is 16.8 Å². The van der Waals surface area contributed by atoms with E-state index in [-0.39, 0.29) is 16.7 Å². The van der Waals surface area contributed by atoms with Gasteiger partial charge in [0, 0.05) is 51.7 Å². The molecule has 1 N–H and O–H groups in total. The molecule has 3 aliphatic heterocycles. The van der Waals surface area contributed by atoms with Crippen LogP contribution in [0.2, 0.25) is 0 Å². The van der Waals surface area contributed by atoms with Crippen LogP contribution in [0, 0.1) is 5.92 Å². The average Bonchev–Trinajstić information content (AvgIpc) is 3.18. The molecule has 190 valence electrons. The molecule has 0 amide bonds. The normalized spacial score (nSPS) is 22.2. The fourth-order valence-electron chi connectivity index (χ4n) is 4.98. The maximum absolute atomic E-state index is 13.1. The highest BCUT2D eigenvalue weighted by Crippen LogP contribution is 2.27. The maximum Gasteiger partial charge on any atom is 0.244 e. The standard InChI is InChI=1S/C23H32N6O4S2/c30-34(31)15-3-11-28(34)12-7-19-8-13-29(14-9-19)35(32,33)21-5-6-22(25-16-21)26-20-17-27(18-20)23-4-1-2-10-24-23/h1-2,4-6,10,16,19-20H,3,7-9,11-15,17-18H2,(H,25,26). The van der Waals surface area contributed by atoms with Crippen LogP contribution in [0.25, 0.3) is 0 Å². The molecule has 35 heavy (non-hydrogen) atoms. The Balaban J connectivity index is 1.09. The minimum atomic E-state index is -3.60. The first kappa shape index (κ1) is 24.4. The number of hydrogen-bond acceptors (Lipinski definition) is 8. The van der Waals surface area contributed by atoms with Crippen LogP contribution >= 0.6 is 0 Å². The molecule has 0 atom stereocenters. The Kier molecular flexibility index (Phi) is 6.97. The van der Waals surface area contributed by atoms with Crippen molar-refractivity contribution in [3.8, 4) is 0 Å². The van der Waals surface area contributed by atoms with Crippen molar-refractivity contribution >= 4 is 31.7 Å². The predicted octanol–water partition coefficient (Wildman–Crippen LogP) is 1.60. The Labute approximate surface area is 207 Å². The molecular formula is C23H32N6O4S2.